The lowest BCUT2D eigenvalue weighted by Gasteiger charge is -2.27. The Kier molecular flexibility index (Phi) is 6.58. The molecule has 2 N–H and O–H groups in total. The van der Waals surface area contributed by atoms with E-state index in [0.717, 1.165) is 30.5 Å². The summed E-state index contributed by atoms with van der Waals surface area (Å²) < 4.78 is 0. The standard InChI is InChI=1S/C20H25N5O4/c1-2-3-4-10-21-20(27)19-16-13-24(11-9-17(16)22-23-19)18(26)12-14-5-7-15(8-6-14)25(28)29/h5-8H,2-4,9-13H2,1H3,(H,21,27)(H,22,23). The first-order valence-electron chi connectivity index (χ1n) is 9.85. The van der Waals surface area contributed by atoms with Crippen molar-refractivity contribution in [3.8, 4) is 0 Å². The number of nitrogens with zero attached hydrogens (tertiary/aromatic N) is 3. The van der Waals surface area contributed by atoms with Crippen molar-refractivity contribution in [3.63, 3.8) is 0 Å². The van der Waals surface area contributed by atoms with Gasteiger partial charge in [-0.25, -0.2) is 0 Å². The van der Waals surface area contributed by atoms with Crippen molar-refractivity contribution < 1.29 is 14.5 Å². The van der Waals surface area contributed by atoms with Crippen LogP contribution in [0.3, 0.4) is 0 Å². The topological polar surface area (TPSA) is 121 Å². The lowest BCUT2D eigenvalue weighted by molar-refractivity contribution is -0.384. The summed E-state index contributed by atoms with van der Waals surface area (Å²) >= 11 is 0. The molecular weight excluding hydrogens is 374 g/mol. The van der Waals surface area contributed by atoms with Crippen LogP contribution in [0.4, 0.5) is 5.69 Å². The van der Waals surface area contributed by atoms with Crippen molar-refractivity contribution >= 4 is 17.5 Å². The van der Waals surface area contributed by atoms with Crippen molar-refractivity contribution in [2.75, 3.05) is 13.1 Å². The molecule has 0 saturated heterocycles. The first kappa shape index (κ1) is 20.5. The van der Waals surface area contributed by atoms with E-state index in [4.69, 9.17) is 0 Å². The Morgan fingerprint density at radius 3 is 2.72 bits per heavy atom. The van der Waals surface area contributed by atoms with E-state index in [0.29, 0.717) is 37.3 Å². The van der Waals surface area contributed by atoms with Gasteiger partial charge in [0.15, 0.2) is 5.69 Å². The number of H-pyrrole nitrogens is 1. The molecule has 0 bridgehead atoms. The highest BCUT2D eigenvalue weighted by Gasteiger charge is 2.27. The first-order valence-corrected chi connectivity index (χ1v) is 9.85. The number of nitrogens with one attached hydrogen (secondary N) is 2. The smallest absolute Gasteiger partial charge is 0.272 e. The van der Waals surface area contributed by atoms with Gasteiger partial charge in [-0.3, -0.25) is 24.8 Å². The highest BCUT2D eigenvalue weighted by atomic mass is 16.6. The Balaban J connectivity index is 1.62. The van der Waals surface area contributed by atoms with Gasteiger partial charge in [-0.2, -0.15) is 5.10 Å². The third-order valence-corrected chi connectivity index (χ3v) is 5.07. The van der Waals surface area contributed by atoms with Gasteiger partial charge in [0, 0.05) is 49.4 Å². The van der Waals surface area contributed by atoms with Gasteiger partial charge >= 0.3 is 0 Å². The third-order valence-electron chi connectivity index (χ3n) is 5.07. The van der Waals surface area contributed by atoms with E-state index in [1.807, 2.05) is 0 Å². The second-order valence-electron chi connectivity index (χ2n) is 7.16. The van der Waals surface area contributed by atoms with E-state index in [-0.39, 0.29) is 23.9 Å². The normalized spacial score (nSPS) is 13.1. The number of benzene rings is 1. The van der Waals surface area contributed by atoms with E-state index in [1.54, 1.807) is 17.0 Å². The average molecular weight is 399 g/mol. The summed E-state index contributed by atoms with van der Waals surface area (Å²) in [6, 6.07) is 5.98. The highest BCUT2D eigenvalue weighted by Crippen LogP contribution is 2.21. The molecule has 29 heavy (non-hydrogen) atoms. The number of non-ortho nitro benzene ring substituents is 1. The van der Waals surface area contributed by atoms with Crippen LogP contribution in [0, 0.1) is 10.1 Å². The molecule has 0 atom stereocenters. The Bertz CT molecular complexity index is 891. The van der Waals surface area contributed by atoms with Gasteiger partial charge in [-0.05, 0) is 12.0 Å². The second-order valence-corrected chi connectivity index (χ2v) is 7.16. The van der Waals surface area contributed by atoms with Gasteiger partial charge in [0.2, 0.25) is 5.91 Å². The van der Waals surface area contributed by atoms with Gasteiger partial charge in [0.05, 0.1) is 11.3 Å². The van der Waals surface area contributed by atoms with Crippen LogP contribution < -0.4 is 5.32 Å². The number of nitro benzene ring substituents is 1. The number of aromatic nitrogens is 2. The molecule has 0 aliphatic carbocycles. The number of amides is 2. The third kappa shape index (κ3) is 4.98. The molecule has 0 fully saturated rings. The maximum atomic E-state index is 12.7. The van der Waals surface area contributed by atoms with Crippen molar-refractivity contribution in [1.29, 1.82) is 0 Å². The predicted molar refractivity (Wildman–Crippen MR) is 106 cm³/mol. The number of hydrogen-bond donors (Lipinski definition) is 2. The van der Waals surface area contributed by atoms with Crippen LogP contribution in [-0.4, -0.2) is 44.9 Å². The number of unbranched alkanes of at least 4 members (excludes halogenated alkanes) is 2. The molecule has 0 saturated carbocycles. The van der Waals surface area contributed by atoms with Crippen molar-refractivity contribution in [2.45, 2.75) is 45.6 Å². The zero-order valence-electron chi connectivity index (χ0n) is 16.4. The minimum atomic E-state index is -0.467. The Morgan fingerprint density at radius 2 is 2.03 bits per heavy atom. The highest BCUT2D eigenvalue weighted by molar-refractivity contribution is 5.94. The molecule has 2 amide bonds. The Morgan fingerprint density at radius 1 is 1.28 bits per heavy atom. The van der Waals surface area contributed by atoms with Crippen LogP contribution in [0.1, 0.15) is 53.5 Å². The lowest BCUT2D eigenvalue weighted by atomic mass is 10.0. The summed E-state index contributed by atoms with van der Waals surface area (Å²) in [4.78, 5) is 37.1. The number of rotatable bonds is 8. The molecule has 1 aliphatic heterocycles. The van der Waals surface area contributed by atoms with E-state index >= 15 is 0 Å². The van der Waals surface area contributed by atoms with E-state index in [9.17, 15) is 19.7 Å². The van der Waals surface area contributed by atoms with Gasteiger partial charge in [-0.15, -0.1) is 0 Å². The van der Waals surface area contributed by atoms with Gasteiger partial charge < -0.3 is 10.2 Å². The SMILES string of the molecule is CCCCCNC(=O)c1n[nH]c2c1CN(C(=O)Cc1ccc([N+](=O)[O-])cc1)CC2. The molecule has 1 aliphatic rings. The van der Waals surface area contributed by atoms with E-state index < -0.39 is 4.92 Å². The second kappa shape index (κ2) is 9.31. The first-order chi connectivity index (χ1) is 14.0. The van der Waals surface area contributed by atoms with Crippen LogP contribution >= 0.6 is 0 Å². The fraction of sp³-hybridized carbons (Fsp3) is 0.450. The van der Waals surface area contributed by atoms with Crippen molar-refractivity contribution in [1.82, 2.24) is 20.4 Å². The van der Waals surface area contributed by atoms with Crippen LogP contribution in [0.15, 0.2) is 24.3 Å². The molecule has 2 aromatic rings. The minimum absolute atomic E-state index is 0.00296. The number of hydrogen-bond acceptors (Lipinski definition) is 5. The number of fused-ring (bicyclic) bond motifs is 1. The molecule has 1 aromatic heterocycles. The fourth-order valence-electron chi connectivity index (χ4n) is 3.38. The summed E-state index contributed by atoms with van der Waals surface area (Å²) in [5, 5.41) is 20.7. The van der Waals surface area contributed by atoms with E-state index in [1.165, 1.54) is 12.1 Å². The lowest BCUT2D eigenvalue weighted by Crippen LogP contribution is -2.37. The molecule has 1 aromatic carbocycles. The summed E-state index contributed by atoms with van der Waals surface area (Å²) in [7, 11) is 0. The Hall–Kier alpha value is -3.23. The largest absolute Gasteiger partial charge is 0.351 e. The molecule has 0 radical (unpaired) electrons. The molecule has 3 rings (SSSR count). The quantitative estimate of drug-likeness (QED) is 0.401. The molecule has 0 spiro atoms. The fourth-order valence-corrected chi connectivity index (χ4v) is 3.38. The number of carbonyl (C=O) groups is 2. The van der Waals surface area contributed by atoms with Crippen molar-refractivity contribution in [3.05, 3.63) is 56.9 Å². The zero-order valence-corrected chi connectivity index (χ0v) is 16.4. The number of aromatic amines is 1. The molecular formula is C20H25N5O4. The summed E-state index contributed by atoms with van der Waals surface area (Å²) in [6.45, 7) is 3.58. The summed E-state index contributed by atoms with van der Waals surface area (Å²) in [5.41, 5.74) is 2.72. The van der Waals surface area contributed by atoms with Crippen LogP contribution in [0.2, 0.25) is 0 Å². The van der Waals surface area contributed by atoms with Crippen LogP contribution in [0.5, 0.6) is 0 Å². The minimum Gasteiger partial charge on any atom is -0.351 e. The molecule has 9 nitrogen and oxygen atoms in total. The average Bonchev–Trinajstić information content (AvgIpc) is 3.14. The van der Waals surface area contributed by atoms with Crippen LogP contribution in [-0.2, 0) is 24.2 Å². The van der Waals surface area contributed by atoms with Gasteiger partial charge in [0.1, 0.15) is 0 Å². The maximum absolute atomic E-state index is 12.7. The summed E-state index contributed by atoms with van der Waals surface area (Å²) in [6.07, 6.45) is 3.83. The maximum Gasteiger partial charge on any atom is 0.272 e. The van der Waals surface area contributed by atoms with Crippen LogP contribution in [0.25, 0.3) is 0 Å². The zero-order chi connectivity index (χ0) is 20.8. The monoisotopic (exact) mass is 399 g/mol. The molecule has 2 heterocycles. The Labute approximate surface area is 168 Å². The van der Waals surface area contributed by atoms with Crippen molar-refractivity contribution in [2.24, 2.45) is 0 Å². The molecule has 0 unspecified atom stereocenters. The van der Waals surface area contributed by atoms with Gasteiger partial charge in [-0.1, -0.05) is 31.9 Å². The molecule has 154 valence electrons. The van der Waals surface area contributed by atoms with Gasteiger partial charge in [0.25, 0.3) is 11.6 Å². The number of carbonyl (C=O) groups excluding carboxylic acids is 2. The molecule has 9 heteroatoms. The predicted octanol–water partition coefficient (Wildman–Crippen LogP) is 2.37. The van der Waals surface area contributed by atoms with E-state index in [2.05, 4.69) is 22.4 Å². The number of nitro groups is 1. The summed E-state index contributed by atoms with van der Waals surface area (Å²) in [5.74, 6) is -0.303.